The van der Waals surface area contributed by atoms with Gasteiger partial charge >= 0.3 is 0 Å². The average molecular weight is 323 g/mol. The van der Waals surface area contributed by atoms with Crippen LogP contribution in [0.15, 0.2) is 71.2 Å². The molecule has 2 heterocycles. The van der Waals surface area contributed by atoms with E-state index in [1.165, 1.54) is 5.39 Å². The Morgan fingerprint density at radius 3 is 2.65 bits per heavy atom. The molecule has 20 heavy (non-hydrogen) atoms. The third-order valence-corrected chi connectivity index (χ3v) is 3.95. The molecule has 4 rings (SSSR count). The molecule has 0 unspecified atom stereocenters. The fraction of sp³-hybridized carbons (Fsp3) is 0. The van der Waals surface area contributed by atoms with Gasteiger partial charge in [-0.1, -0.05) is 52.3 Å². The molecule has 0 aliphatic heterocycles. The minimum absolute atomic E-state index is 0.989. The van der Waals surface area contributed by atoms with E-state index in [-0.39, 0.29) is 0 Å². The van der Waals surface area contributed by atoms with Crippen molar-refractivity contribution in [2.75, 3.05) is 0 Å². The summed E-state index contributed by atoms with van der Waals surface area (Å²) in [4.78, 5) is 0. The standard InChI is InChI=1S/C17H11BrN2/c18-14-6-3-5-13(10-14)16-11-15-9-8-12-4-1-2-7-17(12)20(15)19-16/h1-11H. The third kappa shape index (κ3) is 1.82. The van der Waals surface area contributed by atoms with Crippen LogP contribution in [0, 0.1) is 0 Å². The van der Waals surface area contributed by atoms with Gasteiger partial charge in [0.05, 0.1) is 16.7 Å². The molecule has 4 aromatic rings. The van der Waals surface area contributed by atoms with E-state index in [2.05, 4.69) is 58.4 Å². The van der Waals surface area contributed by atoms with Gasteiger partial charge in [0.2, 0.25) is 0 Å². The maximum Gasteiger partial charge on any atom is 0.0934 e. The van der Waals surface area contributed by atoms with E-state index in [1.807, 2.05) is 28.8 Å². The zero-order chi connectivity index (χ0) is 13.5. The highest BCUT2D eigenvalue weighted by atomic mass is 79.9. The number of hydrogen-bond acceptors (Lipinski definition) is 1. The maximum absolute atomic E-state index is 4.75. The van der Waals surface area contributed by atoms with E-state index in [4.69, 9.17) is 5.10 Å². The molecule has 0 radical (unpaired) electrons. The first-order chi connectivity index (χ1) is 9.81. The van der Waals surface area contributed by atoms with Crippen LogP contribution in [0.25, 0.3) is 27.7 Å². The summed E-state index contributed by atoms with van der Waals surface area (Å²) in [5.74, 6) is 0. The summed E-state index contributed by atoms with van der Waals surface area (Å²) < 4.78 is 3.07. The van der Waals surface area contributed by atoms with Crippen molar-refractivity contribution in [2.24, 2.45) is 0 Å². The van der Waals surface area contributed by atoms with Gasteiger partial charge in [-0.05, 0) is 30.3 Å². The van der Waals surface area contributed by atoms with E-state index in [0.29, 0.717) is 0 Å². The van der Waals surface area contributed by atoms with Crippen LogP contribution in [0.1, 0.15) is 0 Å². The van der Waals surface area contributed by atoms with Crippen molar-refractivity contribution in [3.8, 4) is 11.3 Å². The van der Waals surface area contributed by atoms with Crippen molar-refractivity contribution in [3.63, 3.8) is 0 Å². The summed E-state index contributed by atoms with van der Waals surface area (Å²) in [7, 11) is 0. The molecule has 0 amide bonds. The first-order valence-corrected chi connectivity index (χ1v) is 7.24. The Labute approximate surface area is 124 Å². The average Bonchev–Trinajstić information content (AvgIpc) is 2.92. The molecule has 96 valence electrons. The Morgan fingerprint density at radius 1 is 0.850 bits per heavy atom. The molecular formula is C17H11BrN2. The maximum atomic E-state index is 4.75. The number of fused-ring (bicyclic) bond motifs is 3. The Bertz CT molecular complexity index is 924. The third-order valence-electron chi connectivity index (χ3n) is 3.46. The molecular weight excluding hydrogens is 312 g/mol. The monoisotopic (exact) mass is 322 g/mol. The molecule has 0 saturated carbocycles. The predicted octanol–water partition coefficient (Wildman–Crippen LogP) is 4.92. The number of halogens is 1. The van der Waals surface area contributed by atoms with Gasteiger partial charge in [0.25, 0.3) is 0 Å². The normalized spacial score (nSPS) is 11.2. The van der Waals surface area contributed by atoms with Gasteiger partial charge in [-0.15, -0.1) is 0 Å². The minimum atomic E-state index is 0.989. The zero-order valence-electron chi connectivity index (χ0n) is 10.6. The van der Waals surface area contributed by atoms with Crippen molar-refractivity contribution in [2.45, 2.75) is 0 Å². The quantitative estimate of drug-likeness (QED) is 0.486. The van der Waals surface area contributed by atoms with Crippen LogP contribution >= 0.6 is 15.9 Å². The number of para-hydroxylation sites is 1. The van der Waals surface area contributed by atoms with Crippen molar-refractivity contribution in [3.05, 3.63) is 71.2 Å². The lowest BCUT2D eigenvalue weighted by Gasteiger charge is -2.00. The van der Waals surface area contributed by atoms with Crippen molar-refractivity contribution in [1.29, 1.82) is 0 Å². The highest BCUT2D eigenvalue weighted by molar-refractivity contribution is 9.10. The lowest BCUT2D eigenvalue weighted by molar-refractivity contribution is 1.01. The molecule has 0 fully saturated rings. The van der Waals surface area contributed by atoms with Crippen molar-refractivity contribution >= 4 is 32.3 Å². The van der Waals surface area contributed by atoms with E-state index in [0.717, 1.165) is 26.8 Å². The highest BCUT2D eigenvalue weighted by Crippen LogP contribution is 2.25. The summed E-state index contributed by atoms with van der Waals surface area (Å²) >= 11 is 3.51. The Morgan fingerprint density at radius 2 is 1.75 bits per heavy atom. The molecule has 2 aromatic heterocycles. The second-order valence-corrected chi connectivity index (χ2v) is 5.68. The lowest BCUT2D eigenvalue weighted by atomic mass is 10.1. The summed E-state index contributed by atoms with van der Waals surface area (Å²) in [6.07, 6.45) is 0. The smallest absolute Gasteiger partial charge is 0.0934 e. The van der Waals surface area contributed by atoms with Gasteiger partial charge in [0.1, 0.15) is 0 Å². The van der Waals surface area contributed by atoms with Crippen LogP contribution in [0.4, 0.5) is 0 Å². The largest absolute Gasteiger partial charge is 0.232 e. The molecule has 0 N–H and O–H groups in total. The van der Waals surface area contributed by atoms with Crippen molar-refractivity contribution in [1.82, 2.24) is 9.61 Å². The van der Waals surface area contributed by atoms with Crippen molar-refractivity contribution < 1.29 is 0 Å². The summed E-state index contributed by atoms with van der Waals surface area (Å²) in [5.41, 5.74) is 4.35. The molecule has 2 nitrogen and oxygen atoms in total. The molecule has 0 spiro atoms. The van der Waals surface area contributed by atoms with Crippen LogP contribution in [0.5, 0.6) is 0 Å². The fourth-order valence-corrected chi connectivity index (χ4v) is 2.89. The highest BCUT2D eigenvalue weighted by Gasteiger charge is 2.07. The number of rotatable bonds is 1. The van der Waals surface area contributed by atoms with E-state index in [1.54, 1.807) is 0 Å². The number of aromatic nitrogens is 2. The number of benzene rings is 2. The summed E-state index contributed by atoms with van der Waals surface area (Å²) in [6, 6.07) is 22.9. The van der Waals surface area contributed by atoms with Gasteiger partial charge in [-0.2, -0.15) is 5.10 Å². The number of pyridine rings is 1. The summed E-state index contributed by atoms with van der Waals surface area (Å²) in [6.45, 7) is 0. The lowest BCUT2D eigenvalue weighted by Crippen LogP contribution is -1.89. The Balaban J connectivity index is 2.01. The van der Waals surface area contributed by atoms with Gasteiger partial charge in [-0.3, -0.25) is 0 Å². The van der Waals surface area contributed by atoms with Crippen LogP contribution in [-0.4, -0.2) is 9.61 Å². The number of hydrogen-bond donors (Lipinski definition) is 0. The second-order valence-electron chi connectivity index (χ2n) is 4.77. The molecule has 2 aromatic carbocycles. The van der Waals surface area contributed by atoms with E-state index in [9.17, 15) is 0 Å². The first-order valence-electron chi connectivity index (χ1n) is 6.45. The zero-order valence-corrected chi connectivity index (χ0v) is 12.2. The molecule has 0 saturated heterocycles. The van der Waals surface area contributed by atoms with Crippen LogP contribution in [0.2, 0.25) is 0 Å². The molecule has 3 heteroatoms. The van der Waals surface area contributed by atoms with E-state index < -0.39 is 0 Å². The second kappa shape index (κ2) is 4.46. The molecule has 0 bridgehead atoms. The van der Waals surface area contributed by atoms with Gasteiger partial charge < -0.3 is 0 Å². The molecule has 0 aliphatic carbocycles. The summed E-state index contributed by atoms with van der Waals surface area (Å²) in [5, 5.41) is 5.95. The van der Waals surface area contributed by atoms with Gasteiger partial charge in [0.15, 0.2) is 0 Å². The topological polar surface area (TPSA) is 17.3 Å². The first kappa shape index (κ1) is 11.7. The van der Waals surface area contributed by atoms with E-state index >= 15 is 0 Å². The number of nitrogens with zero attached hydrogens (tertiary/aromatic N) is 2. The SMILES string of the molecule is Brc1cccc(-c2cc3ccc4ccccc4n3n2)c1. The van der Waals surface area contributed by atoms with Crippen LogP contribution in [0.3, 0.4) is 0 Å². The predicted molar refractivity (Wildman–Crippen MR) is 85.8 cm³/mol. The Kier molecular flexibility index (Phi) is 2.60. The Hall–Kier alpha value is -2.13. The molecule has 0 atom stereocenters. The van der Waals surface area contributed by atoms with Crippen LogP contribution < -0.4 is 0 Å². The minimum Gasteiger partial charge on any atom is -0.232 e. The van der Waals surface area contributed by atoms with Gasteiger partial charge in [-0.25, -0.2) is 4.52 Å². The van der Waals surface area contributed by atoms with Gasteiger partial charge in [0, 0.05) is 15.4 Å². The molecule has 0 aliphatic rings. The van der Waals surface area contributed by atoms with Crippen LogP contribution in [-0.2, 0) is 0 Å². The fourth-order valence-electron chi connectivity index (χ4n) is 2.49.